The van der Waals surface area contributed by atoms with Gasteiger partial charge in [-0.2, -0.15) is 0 Å². The Hall–Kier alpha value is 2.02. The molecular weight excluding hydrogens is 331 g/mol. The maximum absolute atomic E-state index is 3.33. The number of hydrogen-bond acceptors (Lipinski definition) is 0. The van der Waals surface area contributed by atoms with Crippen molar-refractivity contribution in [2.45, 2.75) is 0 Å². The zero-order valence-electron chi connectivity index (χ0n) is 3.17. The van der Waals surface area contributed by atoms with Crippen molar-refractivity contribution in [3.05, 3.63) is 0 Å². The fraction of sp³-hybridized carbons (Fsp3) is 0. The van der Waals surface area contributed by atoms with Gasteiger partial charge in [-0.1, -0.05) is 0 Å². The van der Waals surface area contributed by atoms with Gasteiger partial charge in [-0.05, 0) is 10.1 Å². The summed E-state index contributed by atoms with van der Waals surface area (Å²) < 4.78 is 0. The topological polar surface area (TPSA) is 0 Å². The summed E-state index contributed by atoms with van der Waals surface area (Å²) >= 11 is 4.67. The molecule has 0 atom stereocenters. The van der Waals surface area contributed by atoms with E-state index in [1.165, 1.54) is 27.9 Å². The average molecular weight is 336 g/mol. The van der Waals surface area contributed by atoms with Gasteiger partial charge >= 0.3 is 31.1 Å². The van der Waals surface area contributed by atoms with Crippen LogP contribution in [0, 0.1) is 0 Å². The Balaban J connectivity index is -0.0000000133. The van der Waals surface area contributed by atoms with E-state index in [9.17, 15) is 0 Å². The van der Waals surface area contributed by atoms with Gasteiger partial charge in [-0.25, -0.2) is 0 Å². The molecule has 5 heavy (non-hydrogen) atoms. The third-order valence-electron chi connectivity index (χ3n) is 0. The molecule has 0 nitrogen and oxygen atoms in total. The zero-order chi connectivity index (χ0) is 4.00. The van der Waals surface area contributed by atoms with Gasteiger partial charge < -0.3 is 0 Å². The molecule has 0 rings (SSSR count). The number of hydrogen-bond donors (Lipinski definition) is 0. The molecule has 0 N–H and O–H groups in total. The third-order valence-corrected chi connectivity index (χ3v) is 0. The minimum atomic E-state index is 0. The van der Waals surface area contributed by atoms with Gasteiger partial charge in [0.05, 0.1) is 7.44 Å². The van der Waals surface area contributed by atoms with Gasteiger partial charge in [-0.3, -0.25) is 0 Å². The molecule has 0 aromatic heterocycles. The van der Waals surface area contributed by atoms with Crippen molar-refractivity contribution < 1.29 is 48.5 Å². The fourth-order valence-electron chi connectivity index (χ4n) is 0. The molecule has 5 heteroatoms. The molecule has 0 aliphatic rings. The van der Waals surface area contributed by atoms with E-state index in [1.54, 1.807) is 0 Å². The van der Waals surface area contributed by atoms with Crippen LogP contribution in [0.5, 0.6) is 0 Å². The quantitative estimate of drug-likeness (QED) is 0.445. The van der Waals surface area contributed by atoms with Crippen LogP contribution < -0.4 is 0 Å². The summed E-state index contributed by atoms with van der Waals surface area (Å²) in [5.41, 5.74) is 0. The van der Waals surface area contributed by atoms with E-state index in [4.69, 9.17) is 0 Å². The van der Waals surface area contributed by atoms with E-state index in [1.807, 2.05) is 0 Å². The summed E-state index contributed by atoms with van der Waals surface area (Å²) in [6.45, 7) is 0. The molecule has 0 unspecified atom stereocenters. The Labute approximate surface area is 65.5 Å². The Morgan fingerprint density at radius 1 is 1.40 bits per heavy atom. The first-order valence-corrected chi connectivity index (χ1v) is 7.87. The van der Waals surface area contributed by atoms with Crippen LogP contribution in [0.15, 0.2) is 0 Å². The van der Waals surface area contributed by atoms with Crippen LogP contribution in [-0.2, 0) is 48.5 Å². The van der Waals surface area contributed by atoms with Crippen LogP contribution in [0.1, 0.15) is 0 Å². The summed E-state index contributed by atoms with van der Waals surface area (Å²) in [4.78, 5) is 0. The van der Waals surface area contributed by atoms with E-state index >= 15 is 0 Å². The van der Waals surface area contributed by atoms with Gasteiger partial charge in [-0.15, -0.1) is 0 Å². The first kappa shape index (κ1) is 15.7. The number of rotatable bonds is 0. The molecule has 32 valence electrons. The van der Waals surface area contributed by atoms with Crippen LogP contribution in [0.4, 0.5) is 0 Å². The normalized spacial score (nSPS) is 2.60. The molecule has 0 aliphatic heterocycles. The summed E-state index contributed by atoms with van der Waals surface area (Å²) in [5, 5.41) is 0. The van der Waals surface area contributed by atoms with Crippen molar-refractivity contribution in [2.24, 2.45) is 0 Å². The average Bonchev–Trinajstić information content (AvgIpc) is 1.50. The van der Waals surface area contributed by atoms with Crippen molar-refractivity contribution in [2.75, 3.05) is 0 Å². The summed E-state index contributed by atoms with van der Waals surface area (Å²) in [6.07, 6.45) is 0. The Bertz CT molecular complexity index is 11.6. The molecule has 0 radical (unpaired) electrons. The van der Waals surface area contributed by atoms with Gasteiger partial charge in [0, 0.05) is 17.4 Å². The first-order chi connectivity index (χ1) is 2.00. The molecule has 0 spiro atoms. The van der Waals surface area contributed by atoms with Crippen molar-refractivity contribution in [3.63, 3.8) is 0 Å². The van der Waals surface area contributed by atoms with E-state index in [-0.39, 0.29) is 17.4 Å². The molecule has 0 saturated heterocycles. The van der Waals surface area contributed by atoms with E-state index in [0.29, 0.717) is 0 Å². The first-order valence-electron chi connectivity index (χ1n) is 1.14. The SMILES string of the molecule is B[SiH3].[Cr].[Fe][W]. The van der Waals surface area contributed by atoms with Crippen molar-refractivity contribution in [1.82, 2.24) is 0 Å². The Morgan fingerprint density at radius 3 is 1.40 bits per heavy atom. The fourth-order valence-corrected chi connectivity index (χ4v) is 0. The zero-order valence-corrected chi connectivity index (χ0v) is 10.5. The maximum atomic E-state index is 3.33. The van der Waals surface area contributed by atoms with Gasteiger partial charge in [0.25, 0.3) is 0 Å². The van der Waals surface area contributed by atoms with Crippen LogP contribution in [0.2, 0.25) is 0 Å². The molecule has 0 heterocycles. The van der Waals surface area contributed by atoms with Crippen molar-refractivity contribution in [1.29, 1.82) is 0 Å². The van der Waals surface area contributed by atoms with Crippen LogP contribution in [-0.4, -0.2) is 17.6 Å². The molecule has 0 aromatic rings. The molecule has 0 aromatic carbocycles. The molecule has 0 aliphatic carbocycles. The standard InChI is InChI=1S/BH5Si.Cr.Fe.W/c1-2;;;/h1H2,2H3;;;. The summed E-state index contributed by atoms with van der Waals surface area (Å²) in [7, 11) is 3.44. The summed E-state index contributed by atoms with van der Waals surface area (Å²) in [6, 6.07) is 0. The van der Waals surface area contributed by atoms with E-state index in [0.717, 1.165) is 0 Å². The minimum absolute atomic E-state index is 0. The van der Waals surface area contributed by atoms with Gasteiger partial charge in [0.2, 0.25) is 0 Å². The Morgan fingerprint density at radius 2 is 1.40 bits per heavy atom. The third kappa shape index (κ3) is 23.8. The monoisotopic (exact) mass is 336 g/mol. The summed E-state index contributed by atoms with van der Waals surface area (Å²) in [5.74, 6) is 0. The molecule has 0 bridgehead atoms. The van der Waals surface area contributed by atoms with Gasteiger partial charge in [0.1, 0.15) is 0 Å². The van der Waals surface area contributed by atoms with E-state index < -0.39 is 0 Å². The molecule has 0 fully saturated rings. The van der Waals surface area contributed by atoms with Crippen LogP contribution >= 0.6 is 0 Å². The van der Waals surface area contributed by atoms with Crippen LogP contribution in [0.25, 0.3) is 0 Å². The predicted molar refractivity (Wildman–Crippen MR) is 18.5 cm³/mol. The Kier molecular flexibility index (Phi) is 117. The molecule has 0 amide bonds. The molecular formula is H5BCrFeSiW. The second-order valence-corrected chi connectivity index (χ2v) is 0. The van der Waals surface area contributed by atoms with E-state index in [2.05, 4.69) is 20.8 Å². The van der Waals surface area contributed by atoms with Crippen molar-refractivity contribution >= 4 is 17.6 Å². The second kappa shape index (κ2) is 37.1. The predicted octanol–water partition coefficient (Wildman–Crippen LogP) is -2.11. The van der Waals surface area contributed by atoms with Gasteiger partial charge in [0.15, 0.2) is 0 Å². The second-order valence-electron chi connectivity index (χ2n) is 0. The van der Waals surface area contributed by atoms with Crippen LogP contribution in [0.3, 0.4) is 0 Å². The van der Waals surface area contributed by atoms with Crippen molar-refractivity contribution in [3.8, 4) is 0 Å². The molecule has 0 saturated carbocycles.